The average molecular weight is 252 g/mol. The first-order valence-corrected chi connectivity index (χ1v) is 4.69. The maximum absolute atomic E-state index is 12.4. The maximum atomic E-state index is 12.4. The van der Waals surface area contributed by atoms with Crippen LogP contribution in [0.1, 0.15) is 28.0 Å². The second-order valence-electron chi connectivity index (χ2n) is 2.81. The van der Waals surface area contributed by atoms with Crippen molar-refractivity contribution < 1.29 is 23.4 Å². The highest BCUT2D eigenvalue weighted by molar-refractivity contribution is 6.18. The Bertz CT molecular complexity index is 412. The molecule has 0 bridgehead atoms. The van der Waals surface area contributed by atoms with Crippen molar-refractivity contribution in [3.05, 3.63) is 23.0 Å². The number of carbonyl (C=O) groups excluding carboxylic acids is 1. The highest BCUT2D eigenvalue weighted by Crippen LogP contribution is 2.32. The summed E-state index contributed by atoms with van der Waals surface area (Å²) in [6, 6.07) is 0. The van der Waals surface area contributed by atoms with Gasteiger partial charge in [-0.15, -0.1) is 11.6 Å². The van der Waals surface area contributed by atoms with Gasteiger partial charge in [-0.2, -0.15) is 0 Å². The van der Waals surface area contributed by atoms with Gasteiger partial charge >= 0.3 is 5.97 Å². The van der Waals surface area contributed by atoms with Gasteiger partial charge in [-0.25, -0.2) is 13.6 Å². The summed E-state index contributed by atoms with van der Waals surface area (Å²) in [5.41, 5.74) is -1.04. The fraction of sp³-hybridized carbons (Fsp3) is 0.333. The lowest BCUT2D eigenvalue weighted by Gasteiger charge is -2.10. The number of esters is 1. The summed E-state index contributed by atoms with van der Waals surface area (Å²) in [7, 11) is 1.12. The molecule has 0 aliphatic heterocycles. The van der Waals surface area contributed by atoms with E-state index in [4.69, 9.17) is 11.6 Å². The minimum absolute atomic E-state index is 0.112. The van der Waals surface area contributed by atoms with Gasteiger partial charge in [0, 0.05) is 11.8 Å². The third kappa shape index (κ3) is 2.21. The van der Waals surface area contributed by atoms with Crippen LogP contribution in [0.3, 0.4) is 0 Å². The van der Waals surface area contributed by atoms with Crippen LogP contribution in [-0.4, -0.2) is 23.2 Å². The second kappa shape index (κ2) is 5.07. The largest absolute Gasteiger partial charge is 0.505 e. The van der Waals surface area contributed by atoms with Crippen molar-refractivity contribution in [1.29, 1.82) is 0 Å². The van der Waals surface area contributed by atoms with Gasteiger partial charge in [-0.3, -0.25) is 4.98 Å². The minimum Gasteiger partial charge on any atom is -0.505 e. The zero-order valence-corrected chi connectivity index (χ0v) is 8.96. The molecule has 0 aliphatic carbocycles. The highest BCUT2D eigenvalue weighted by Gasteiger charge is 2.23. The molecule has 88 valence electrons. The molecule has 0 aromatic carbocycles. The fourth-order valence-corrected chi connectivity index (χ4v) is 1.41. The van der Waals surface area contributed by atoms with Crippen molar-refractivity contribution in [1.82, 2.24) is 4.98 Å². The van der Waals surface area contributed by atoms with Gasteiger partial charge in [-0.1, -0.05) is 0 Å². The molecule has 7 heteroatoms. The zero-order chi connectivity index (χ0) is 12.3. The summed E-state index contributed by atoms with van der Waals surface area (Å²) >= 11 is 5.47. The molecule has 0 saturated heterocycles. The second-order valence-corrected chi connectivity index (χ2v) is 3.08. The lowest BCUT2D eigenvalue weighted by Crippen LogP contribution is -2.08. The summed E-state index contributed by atoms with van der Waals surface area (Å²) in [6.07, 6.45) is -2.03. The molecular weight excluding hydrogens is 244 g/mol. The van der Waals surface area contributed by atoms with Crippen LogP contribution >= 0.6 is 11.6 Å². The number of pyridine rings is 1. The molecule has 16 heavy (non-hydrogen) atoms. The first-order chi connectivity index (χ1) is 7.52. The van der Waals surface area contributed by atoms with Gasteiger partial charge in [0.05, 0.1) is 18.6 Å². The number of aromatic hydroxyl groups is 1. The monoisotopic (exact) mass is 251 g/mol. The van der Waals surface area contributed by atoms with Gasteiger partial charge < -0.3 is 9.84 Å². The van der Waals surface area contributed by atoms with E-state index in [1.165, 1.54) is 0 Å². The number of alkyl halides is 3. The molecule has 0 radical (unpaired) electrons. The number of hydrogen-bond acceptors (Lipinski definition) is 4. The molecule has 0 aliphatic rings. The first kappa shape index (κ1) is 12.6. The number of aromatic nitrogens is 1. The van der Waals surface area contributed by atoms with Gasteiger partial charge in [0.1, 0.15) is 11.4 Å². The molecule has 0 saturated carbocycles. The fourth-order valence-electron chi connectivity index (χ4n) is 1.14. The van der Waals surface area contributed by atoms with E-state index in [-0.39, 0.29) is 17.0 Å². The third-order valence-electron chi connectivity index (χ3n) is 1.93. The van der Waals surface area contributed by atoms with E-state index < -0.39 is 23.8 Å². The Morgan fingerprint density at radius 2 is 2.31 bits per heavy atom. The summed E-state index contributed by atoms with van der Waals surface area (Å²) < 4.78 is 29.2. The van der Waals surface area contributed by atoms with Gasteiger partial charge in [0.2, 0.25) is 0 Å². The number of nitrogens with zero attached hydrogens (tertiary/aromatic N) is 1. The van der Waals surface area contributed by atoms with E-state index in [0.717, 1.165) is 13.3 Å². The Morgan fingerprint density at radius 3 is 2.75 bits per heavy atom. The molecule has 4 nitrogen and oxygen atoms in total. The molecule has 0 fully saturated rings. The van der Waals surface area contributed by atoms with E-state index in [0.29, 0.717) is 0 Å². The average Bonchev–Trinajstić information content (AvgIpc) is 2.26. The van der Waals surface area contributed by atoms with Crippen LogP contribution in [-0.2, 0) is 10.6 Å². The zero-order valence-electron chi connectivity index (χ0n) is 8.21. The van der Waals surface area contributed by atoms with Crippen LogP contribution in [0.25, 0.3) is 0 Å². The van der Waals surface area contributed by atoms with E-state index in [2.05, 4.69) is 9.72 Å². The van der Waals surface area contributed by atoms with Crippen LogP contribution < -0.4 is 0 Å². The molecule has 0 amide bonds. The van der Waals surface area contributed by atoms with Crippen LogP contribution in [0.2, 0.25) is 0 Å². The number of ether oxygens (including phenoxy) is 1. The van der Waals surface area contributed by atoms with Crippen LogP contribution in [0, 0.1) is 0 Å². The van der Waals surface area contributed by atoms with Crippen LogP contribution in [0.4, 0.5) is 8.78 Å². The van der Waals surface area contributed by atoms with Crippen molar-refractivity contribution in [2.75, 3.05) is 7.11 Å². The molecule has 0 unspecified atom stereocenters. The van der Waals surface area contributed by atoms with Crippen molar-refractivity contribution >= 4 is 17.6 Å². The number of rotatable bonds is 3. The summed E-state index contributed by atoms with van der Waals surface area (Å²) in [4.78, 5) is 14.5. The predicted molar refractivity (Wildman–Crippen MR) is 51.8 cm³/mol. The molecular formula is C9H8ClF2NO3. The number of halogens is 3. The standard InChI is InChI=1S/C9H8ClF2NO3/c1-16-9(15)5-3-13-6(8(11)12)7(14)4(5)2-10/h3,8,14H,2H2,1H3. The first-order valence-electron chi connectivity index (χ1n) is 4.16. The van der Waals surface area contributed by atoms with Crippen LogP contribution in [0.5, 0.6) is 5.75 Å². The third-order valence-corrected chi connectivity index (χ3v) is 2.20. The summed E-state index contributed by atoms with van der Waals surface area (Å²) in [5, 5.41) is 9.45. The van der Waals surface area contributed by atoms with Gasteiger partial charge in [0.15, 0.2) is 0 Å². The van der Waals surface area contributed by atoms with Crippen molar-refractivity contribution in [2.24, 2.45) is 0 Å². The molecule has 1 heterocycles. The van der Waals surface area contributed by atoms with Gasteiger partial charge in [0.25, 0.3) is 6.43 Å². The topological polar surface area (TPSA) is 59.4 Å². The minimum atomic E-state index is -2.94. The van der Waals surface area contributed by atoms with Crippen molar-refractivity contribution in [3.63, 3.8) is 0 Å². The smallest absolute Gasteiger partial charge is 0.339 e. The maximum Gasteiger partial charge on any atom is 0.339 e. The number of carbonyl (C=O) groups is 1. The van der Waals surface area contributed by atoms with E-state index in [1.807, 2.05) is 0 Å². The lowest BCUT2D eigenvalue weighted by atomic mass is 10.1. The van der Waals surface area contributed by atoms with Crippen LogP contribution in [0.15, 0.2) is 6.20 Å². The SMILES string of the molecule is COC(=O)c1cnc(C(F)F)c(O)c1CCl. The Balaban J connectivity index is 3.35. The van der Waals surface area contributed by atoms with E-state index >= 15 is 0 Å². The molecule has 1 rings (SSSR count). The Morgan fingerprint density at radius 1 is 1.69 bits per heavy atom. The molecule has 0 atom stereocenters. The quantitative estimate of drug-likeness (QED) is 0.661. The summed E-state index contributed by atoms with van der Waals surface area (Å²) in [6.45, 7) is 0. The normalized spacial score (nSPS) is 10.6. The number of hydrogen-bond donors (Lipinski definition) is 1. The summed E-state index contributed by atoms with van der Waals surface area (Å²) in [5.74, 6) is -1.86. The molecule has 1 aromatic rings. The Labute approximate surface area is 94.8 Å². The lowest BCUT2D eigenvalue weighted by molar-refractivity contribution is 0.0597. The van der Waals surface area contributed by atoms with Crippen molar-refractivity contribution in [3.8, 4) is 5.75 Å². The Kier molecular flexibility index (Phi) is 4.00. The molecule has 1 N–H and O–H groups in total. The molecule has 1 aromatic heterocycles. The predicted octanol–water partition coefficient (Wildman–Crippen LogP) is 2.25. The van der Waals surface area contributed by atoms with Gasteiger partial charge in [-0.05, 0) is 0 Å². The van der Waals surface area contributed by atoms with Crippen molar-refractivity contribution in [2.45, 2.75) is 12.3 Å². The highest BCUT2D eigenvalue weighted by atomic mass is 35.5. The molecule has 0 spiro atoms. The number of methoxy groups -OCH3 is 1. The van der Waals surface area contributed by atoms with E-state index in [9.17, 15) is 18.7 Å². The Hall–Kier alpha value is -1.43. The van der Waals surface area contributed by atoms with E-state index in [1.54, 1.807) is 0 Å².